The van der Waals surface area contributed by atoms with Gasteiger partial charge in [0.05, 0.1) is 13.1 Å². The predicted molar refractivity (Wildman–Crippen MR) is 158 cm³/mol. The molecule has 0 fully saturated rings. The van der Waals surface area contributed by atoms with Crippen molar-refractivity contribution in [2.75, 3.05) is 13.1 Å². The second kappa shape index (κ2) is 16.6. The Morgan fingerprint density at radius 3 is 0.825 bits per heavy atom. The van der Waals surface area contributed by atoms with Crippen molar-refractivity contribution in [3.05, 3.63) is 147 Å². The third-order valence-corrected chi connectivity index (χ3v) is 8.45. The van der Waals surface area contributed by atoms with Crippen molar-refractivity contribution in [1.82, 2.24) is 0 Å². The van der Waals surface area contributed by atoms with Crippen LogP contribution in [0.25, 0.3) is 0 Å². The molecular formula is C34H16BF20NO. The van der Waals surface area contributed by atoms with Crippen molar-refractivity contribution in [2.45, 2.75) is 13.8 Å². The van der Waals surface area contributed by atoms with Crippen LogP contribution in [0.5, 0.6) is 5.75 Å². The van der Waals surface area contributed by atoms with Crippen molar-refractivity contribution in [3.8, 4) is 5.75 Å². The van der Waals surface area contributed by atoms with Crippen LogP contribution in [-0.2, 0) is 0 Å². The van der Waals surface area contributed by atoms with Gasteiger partial charge in [0, 0.05) is 0 Å². The lowest BCUT2D eigenvalue weighted by Gasteiger charge is -2.45. The molecule has 0 heterocycles. The summed E-state index contributed by atoms with van der Waals surface area (Å²) in [4.78, 5) is 1.55. The monoisotopic (exact) mass is 845 g/mol. The number of hydrogen-bond acceptors (Lipinski definition) is 1. The lowest BCUT2D eigenvalue weighted by molar-refractivity contribution is -0.828. The Morgan fingerprint density at radius 2 is 0.579 bits per heavy atom. The summed E-state index contributed by atoms with van der Waals surface area (Å²) in [5.41, 5.74) is -9.12. The van der Waals surface area contributed by atoms with Crippen LogP contribution in [0.4, 0.5) is 93.5 Å². The van der Waals surface area contributed by atoms with Gasteiger partial charge in [-0.15, -0.1) is 0 Å². The van der Waals surface area contributed by atoms with Crippen LogP contribution in [-0.4, -0.2) is 19.4 Å². The zero-order chi connectivity index (χ0) is 43.2. The van der Waals surface area contributed by atoms with Gasteiger partial charge in [0.1, 0.15) is 46.3 Å². The summed E-state index contributed by atoms with van der Waals surface area (Å²) in [6.45, 7) is 6.76. The first-order valence-electron chi connectivity index (χ1n) is 15.4. The minimum Gasteiger partial charge on any atom is -0.698 e. The zero-order valence-corrected chi connectivity index (χ0v) is 27.8. The molecule has 0 spiro atoms. The topological polar surface area (TPSA) is 13.7 Å². The smallest absolute Gasteiger partial charge is 0.266 e. The number of quaternary nitrogens is 1. The van der Waals surface area contributed by atoms with Crippen molar-refractivity contribution in [1.29, 1.82) is 0 Å². The molecule has 1 N–H and O–H groups in total. The molecule has 306 valence electrons. The Morgan fingerprint density at radius 1 is 0.351 bits per heavy atom. The highest BCUT2D eigenvalue weighted by Gasteiger charge is 2.52. The van der Waals surface area contributed by atoms with Crippen LogP contribution in [0.2, 0.25) is 0 Å². The van der Waals surface area contributed by atoms with E-state index in [4.69, 9.17) is 0 Å². The molecule has 5 aromatic rings. The van der Waals surface area contributed by atoms with E-state index in [-0.39, 0.29) is 0 Å². The van der Waals surface area contributed by atoms with Gasteiger partial charge in [0.15, 0.2) is 52.4 Å². The molecule has 0 aliphatic carbocycles. The molecule has 0 saturated heterocycles. The summed E-state index contributed by atoms with van der Waals surface area (Å²) in [6, 6.07) is 10.6. The van der Waals surface area contributed by atoms with Gasteiger partial charge < -0.3 is 9.55 Å². The minimum atomic E-state index is -7.11. The molecule has 0 radical (unpaired) electrons. The first kappa shape index (κ1) is 44.2. The molecule has 23 heteroatoms. The molecule has 0 atom stereocenters. The molecule has 0 bridgehead atoms. The molecule has 0 aromatic heterocycles. The molecule has 0 aliphatic heterocycles. The van der Waals surface area contributed by atoms with Crippen molar-refractivity contribution < 1.29 is 97.4 Å². The highest BCUT2D eigenvalue weighted by Crippen LogP contribution is 2.34. The molecular weight excluding hydrogens is 829 g/mol. The molecule has 0 amide bonds. The summed E-state index contributed by atoms with van der Waals surface area (Å²) in [6.07, 6.45) is -7.11. The van der Waals surface area contributed by atoms with Gasteiger partial charge in [0.25, 0.3) is 6.35 Å². The maximum Gasteiger partial charge on any atom is 0.266 e. The van der Waals surface area contributed by atoms with Crippen molar-refractivity contribution in [3.63, 3.8) is 0 Å². The quantitative estimate of drug-likeness (QED) is 0.0731. The van der Waals surface area contributed by atoms with Gasteiger partial charge in [-0.25, -0.2) is 79.0 Å². The highest BCUT2D eigenvalue weighted by molar-refractivity contribution is 7.07. The van der Waals surface area contributed by atoms with Crippen molar-refractivity contribution >= 4 is 28.4 Å². The van der Waals surface area contributed by atoms with Gasteiger partial charge in [-0.05, 0) is 26.0 Å². The Labute approximate surface area is 305 Å². The molecule has 57 heavy (non-hydrogen) atoms. The van der Waals surface area contributed by atoms with E-state index in [0.717, 1.165) is 0 Å². The van der Waals surface area contributed by atoms with Crippen LogP contribution in [0.3, 0.4) is 0 Å². The SMILES string of the molecule is CC[NH+](CC)c1ccccc1.Fc1c(F)c(F)c(O[B-](c2c(F)c(F)c(F)c(F)c2F)(c2c(F)c(F)c(F)c(F)c2F)c2c(F)c(F)c(F)c(F)c2F)c(F)c1F. The fourth-order valence-electron chi connectivity index (χ4n) is 5.74. The average molecular weight is 845 g/mol. The van der Waals surface area contributed by atoms with Gasteiger partial charge in [0.2, 0.25) is 29.1 Å². The van der Waals surface area contributed by atoms with Crippen LogP contribution in [0.15, 0.2) is 30.3 Å². The lowest BCUT2D eigenvalue weighted by Crippen LogP contribution is -3.06. The third-order valence-electron chi connectivity index (χ3n) is 8.45. The van der Waals surface area contributed by atoms with E-state index in [1.54, 1.807) is 4.90 Å². The van der Waals surface area contributed by atoms with E-state index in [2.05, 4.69) is 48.8 Å². The Hall–Kier alpha value is -5.48. The average Bonchev–Trinajstić information content (AvgIpc) is 3.20. The zero-order valence-electron chi connectivity index (χ0n) is 27.8. The molecule has 2 nitrogen and oxygen atoms in total. The molecule has 5 aromatic carbocycles. The largest absolute Gasteiger partial charge is 0.698 e. The Bertz CT molecular complexity index is 2110. The van der Waals surface area contributed by atoms with Gasteiger partial charge in [-0.3, -0.25) is 0 Å². The first-order valence-corrected chi connectivity index (χ1v) is 15.4. The number of hydrogen-bond donors (Lipinski definition) is 1. The van der Waals surface area contributed by atoms with Gasteiger partial charge in [-0.2, -0.15) is 8.78 Å². The summed E-state index contributed by atoms with van der Waals surface area (Å²) in [5, 5.41) is 0. The Balaban J connectivity index is 0.000000563. The summed E-state index contributed by atoms with van der Waals surface area (Å²) < 4.78 is 295. The summed E-state index contributed by atoms with van der Waals surface area (Å²) in [5.74, 6) is -72.8. The van der Waals surface area contributed by atoms with E-state index in [9.17, 15) is 61.5 Å². The van der Waals surface area contributed by atoms with Crippen LogP contribution in [0.1, 0.15) is 13.8 Å². The number of para-hydroxylation sites is 1. The van der Waals surface area contributed by atoms with E-state index in [1.807, 2.05) is 0 Å². The van der Waals surface area contributed by atoms with E-state index < -0.39 is 145 Å². The summed E-state index contributed by atoms with van der Waals surface area (Å²) >= 11 is 0. The fourth-order valence-corrected chi connectivity index (χ4v) is 5.74. The number of benzene rings is 5. The van der Waals surface area contributed by atoms with Crippen molar-refractivity contribution in [2.24, 2.45) is 0 Å². The normalized spacial score (nSPS) is 11.6. The van der Waals surface area contributed by atoms with Crippen LogP contribution in [0, 0.1) is 116 Å². The molecule has 0 unspecified atom stereocenters. The number of rotatable bonds is 8. The maximum atomic E-state index is 15.3. The fraction of sp³-hybridized carbons (Fsp3) is 0.118. The lowest BCUT2D eigenvalue weighted by atomic mass is 9.27. The number of nitrogens with one attached hydrogen (secondary N) is 1. The summed E-state index contributed by atoms with van der Waals surface area (Å²) in [7, 11) is 0. The van der Waals surface area contributed by atoms with E-state index >= 15 is 26.3 Å². The standard InChI is InChI=1S/C24BF20O.C10H15N/c26-4-1(5(27)11(33)16(38)10(4)32)25(2-6(28)12(34)17(39)13(35)7(2)29,3-8(30)14(36)18(40)15(37)9(3)31)46-24-22(44)20(42)19(41)21(43)23(24)45;1-3-11(4-2)10-8-6-5-7-9-10/h;5-9H,3-4H2,1-2H3/q-1;/p+1. The first-order chi connectivity index (χ1) is 26.6. The van der Waals surface area contributed by atoms with E-state index in [1.165, 1.54) is 18.8 Å². The second-order valence-electron chi connectivity index (χ2n) is 11.4. The maximum absolute atomic E-state index is 15.3. The Kier molecular flexibility index (Phi) is 12.8. The minimum absolute atomic E-state index is 1.17. The van der Waals surface area contributed by atoms with Crippen LogP contribution >= 0.6 is 0 Å². The highest BCUT2D eigenvalue weighted by atomic mass is 19.2. The molecule has 0 saturated carbocycles. The molecule has 0 aliphatic rings. The third kappa shape index (κ3) is 7.09. The van der Waals surface area contributed by atoms with Crippen LogP contribution < -0.4 is 25.9 Å². The van der Waals surface area contributed by atoms with Gasteiger partial charge in [-0.1, -0.05) is 34.6 Å². The number of halogens is 20. The van der Waals surface area contributed by atoms with Gasteiger partial charge >= 0.3 is 0 Å². The predicted octanol–water partition coefficient (Wildman–Crippen LogP) is 7.76. The van der Waals surface area contributed by atoms with E-state index in [0.29, 0.717) is 0 Å². The second-order valence-corrected chi connectivity index (χ2v) is 11.4. The molecule has 5 rings (SSSR count).